The van der Waals surface area contributed by atoms with Crippen LogP contribution in [-0.2, 0) is 20.6 Å². The summed E-state index contributed by atoms with van der Waals surface area (Å²) >= 11 is 7.52. The van der Waals surface area contributed by atoms with Crippen molar-refractivity contribution in [2.75, 3.05) is 24.7 Å². The Labute approximate surface area is 175 Å². The number of rotatable bonds is 6. The van der Waals surface area contributed by atoms with Gasteiger partial charge in [-0.05, 0) is 48.9 Å². The van der Waals surface area contributed by atoms with E-state index in [2.05, 4.69) is 5.32 Å². The van der Waals surface area contributed by atoms with Crippen molar-refractivity contribution in [3.8, 4) is 0 Å². The highest BCUT2D eigenvalue weighted by Crippen LogP contribution is 2.27. The van der Waals surface area contributed by atoms with Crippen LogP contribution in [0.15, 0.2) is 53.4 Å². The number of anilines is 1. The first-order chi connectivity index (χ1) is 13.4. The maximum Gasteiger partial charge on any atom is 0.228 e. The number of halogens is 1. The average Bonchev–Trinajstić information content (AvgIpc) is 2.68. The molecule has 1 aliphatic heterocycles. The SMILES string of the molecule is CSc1ccccc1NC(=O)[C@H]1CCCN(S(=O)(=O)Cc2cccc(Cl)c2)C1. The molecule has 5 nitrogen and oxygen atoms in total. The quantitative estimate of drug-likeness (QED) is 0.685. The summed E-state index contributed by atoms with van der Waals surface area (Å²) in [4.78, 5) is 13.7. The van der Waals surface area contributed by atoms with Gasteiger partial charge in [-0.1, -0.05) is 35.9 Å². The van der Waals surface area contributed by atoms with Crippen LogP contribution in [0.3, 0.4) is 0 Å². The van der Waals surface area contributed by atoms with Crippen molar-refractivity contribution in [1.29, 1.82) is 0 Å². The lowest BCUT2D eigenvalue weighted by Gasteiger charge is -2.31. The second kappa shape index (κ2) is 9.31. The van der Waals surface area contributed by atoms with Crippen LogP contribution in [0.1, 0.15) is 18.4 Å². The number of amides is 1. The van der Waals surface area contributed by atoms with Crippen LogP contribution in [0.5, 0.6) is 0 Å². The third kappa shape index (κ3) is 5.29. The summed E-state index contributed by atoms with van der Waals surface area (Å²) in [7, 11) is -3.51. The fourth-order valence-corrected chi connectivity index (χ4v) is 5.68. The van der Waals surface area contributed by atoms with Gasteiger partial charge in [-0.3, -0.25) is 4.79 Å². The lowest BCUT2D eigenvalue weighted by Crippen LogP contribution is -2.44. The molecule has 0 bridgehead atoms. The van der Waals surface area contributed by atoms with E-state index >= 15 is 0 Å². The van der Waals surface area contributed by atoms with E-state index < -0.39 is 10.0 Å². The molecule has 2 aromatic rings. The number of nitrogens with zero attached hydrogens (tertiary/aromatic N) is 1. The monoisotopic (exact) mass is 438 g/mol. The fourth-order valence-electron chi connectivity index (χ4n) is 3.32. The number of piperidine rings is 1. The molecule has 1 atom stereocenters. The number of carbonyl (C=O) groups is 1. The number of hydrogen-bond donors (Lipinski definition) is 1. The van der Waals surface area contributed by atoms with E-state index in [9.17, 15) is 13.2 Å². The topological polar surface area (TPSA) is 66.5 Å². The fraction of sp³-hybridized carbons (Fsp3) is 0.350. The van der Waals surface area contributed by atoms with Crippen molar-refractivity contribution in [3.05, 3.63) is 59.1 Å². The minimum Gasteiger partial charge on any atom is -0.325 e. The highest BCUT2D eigenvalue weighted by molar-refractivity contribution is 7.98. The van der Waals surface area contributed by atoms with Gasteiger partial charge in [0.1, 0.15) is 0 Å². The smallest absolute Gasteiger partial charge is 0.228 e. The lowest BCUT2D eigenvalue weighted by atomic mass is 9.99. The van der Waals surface area contributed by atoms with Gasteiger partial charge in [-0.15, -0.1) is 11.8 Å². The van der Waals surface area contributed by atoms with Gasteiger partial charge < -0.3 is 5.32 Å². The molecule has 0 aliphatic carbocycles. The normalized spacial score (nSPS) is 18.0. The van der Waals surface area contributed by atoms with Crippen molar-refractivity contribution in [2.24, 2.45) is 5.92 Å². The zero-order valence-corrected chi connectivity index (χ0v) is 18.0. The number of para-hydroxylation sites is 1. The predicted octanol–water partition coefficient (Wildman–Crippen LogP) is 4.24. The van der Waals surface area contributed by atoms with Gasteiger partial charge in [-0.2, -0.15) is 0 Å². The van der Waals surface area contributed by atoms with E-state index in [-0.39, 0.29) is 24.1 Å². The van der Waals surface area contributed by atoms with E-state index in [1.165, 1.54) is 4.31 Å². The molecule has 1 amide bonds. The van der Waals surface area contributed by atoms with Crippen LogP contribution in [0.4, 0.5) is 5.69 Å². The van der Waals surface area contributed by atoms with Gasteiger partial charge in [-0.25, -0.2) is 12.7 Å². The van der Waals surface area contributed by atoms with Crippen LogP contribution < -0.4 is 5.32 Å². The zero-order valence-electron chi connectivity index (χ0n) is 15.6. The summed E-state index contributed by atoms with van der Waals surface area (Å²) in [5.74, 6) is -0.612. The van der Waals surface area contributed by atoms with Crippen LogP contribution in [0.25, 0.3) is 0 Å². The van der Waals surface area contributed by atoms with Crippen LogP contribution in [-0.4, -0.2) is 38.0 Å². The molecule has 150 valence electrons. The van der Waals surface area contributed by atoms with Crippen molar-refractivity contribution in [3.63, 3.8) is 0 Å². The molecule has 3 rings (SSSR count). The number of benzene rings is 2. The minimum atomic E-state index is -3.51. The molecule has 0 unspecified atom stereocenters. The van der Waals surface area contributed by atoms with Crippen molar-refractivity contribution in [1.82, 2.24) is 4.31 Å². The molecule has 0 saturated carbocycles. The van der Waals surface area contributed by atoms with E-state index in [4.69, 9.17) is 11.6 Å². The number of sulfonamides is 1. The zero-order chi connectivity index (χ0) is 20.1. The van der Waals surface area contributed by atoms with Crippen LogP contribution in [0, 0.1) is 5.92 Å². The molecular formula is C20H23ClN2O3S2. The summed E-state index contributed by atoms with van der Waals surface area (Å²) in [5.41, 5.74) is 1.41. The van der Waals surface area contributed by atoms with E-state index in [0.29, 0.717) is 30.0 Å². The van der Waals surface area contributed by atoms with E-state index in [0.717, 1.165) is 10.6 Å². The van der Waals surface area contributed by atoms with Crippen molar-refractivity contribution in [2.45, 2.75) is 23.5 Å². The lowest BCUT2D eigenvalue weighted by molar-refractivity contribution is -0.120. The number of carbonyl (C=O) groups excluding carboxylic acids is 1. The van der Waals surface area contributed by atoms with Gasteiger partial charge in [0.15, 0.2) is 0 Å². The van der Waals surface area contributed by atoms with Gasteiger partial charge >= 0.3 is 0 Å². The largest absolute Gasteiger partial charge is 0.325 e. The highest BCUT2D eigenvalue weighted by atomic mass is 35.5. The molecule has 8 heteroatoms. The molecule has 1 aliphatic rings. The van der Waals surface area contributed by atoms with E-state index in [1.807, 2.05) is 30.5 Å². The number of nitrogens with one attached hydrogen (secondary N) is 1. The Hall–Kier alpha value is -1.54. The standard InChI is InChI=1S/C20H23ClN2O3S2/c1-27-19-10-3-2-9-18(19)22-20(24)16-7-5-11-23(13-16)28(25,26)14-15-6-4-8-17(21)12-15/h2-4,6,8-10,12,16H,5,7,11,13-14H2,1H3,(H,22,24)/t16-/m0/s1. The molecule has 1 fully saturated rings. The third-order valence-corrected chi connectivity index (χ3v) is 7.60. The van der Waals surface area contributed by atoms with E-state index in [1.54, 1.807) is 36.0 Å². The summed E-state index contributed by atoms with van der Waals surface area (Å²) in [6.07, 6.45) is 3.29. The molecular weight excluding hydrogens is 416 g/mol. The van der Waals surface area contributed by atoms with Crippen LogP contribution >= 0.6 is 23.4 Å². The maximum atomic E-state index is 12.8. The maximum absolute atomic E-state index is 12.8. The molecule has 0 spiro atoms. The third-order valence-electron chi connectivity index (χ3n) is 4.75. The Morgan fingerprint density at radius 2 is 2.04 bits per heavy atom. The number of thioether (sulfide) groups is 1. The Kier molecular flexibility index (Phi) is 7.04. The van der Waals surface area contributed by atoms with Gasteiger partial charge in [0, 0.05) is 23.0 Å². The molecule has 1 heterocycles. The van der Waals surface area contributed by atoms with Gasteiger partial charge in [0.25, 0.3) is 0 Å². The average molecular weight is 439 g/mol. The number of hydrogen-bond acceptors (Lipinski definition) is 4. The minimum absolute atomic E-state index is 0.114. The molecule has 2 aromatic carbocycles. The molecule has 28 heavy (non-hydrogen) atoms. The molecule has 0 aromatic heterocycles. The first kappa shape index (κ1) is 21.2. The highest BCUT2D eigenvalue weighted by Gasteiger charge is 2.32. The predicted molar refractivity (Wildman–Crippen MR) is 115 cm³/mol. The Morgan fingerprint density at radius 1 is 1.25 bits per heavy atom. The van der Waals surface area contributed by atoms with Crippen molar-refractivity contribution < 1.29 is 13.2 Å². The summed E-state index contributed by atoms with van der Waals surface area (Å²) in [5, 5.41) is 3.47. The molecule has 0 radical (unpaired) electrons. The van der Waals surface area contributed by atoms with Gasteiger partial charge in [0.2, 0.25) is 15.9 Å². The molecule has 1 N–H and O–H groups in total. The Balaban J connectivity index is 1.68. The molecule has 1 saturated heterocycles. The second-order valence-electron chi connectivity index (χ2n) is 6.77. The summed E-state index contributed by atoms with van der Waals surface area (Å²) < 4.78 is 27.1. The second-order valence-corrected chi connectivity index (χ2v) is 10.0. The first-order valence-electron chi connectivity index (χ1n) is 9.05. The van der Waals surface area contributed by atoms with Crippen molar-refractivity contribution >= 4 is 45.0 Å². The summed E-state index contributed by atoms with van der Waals surface area (Å²) in [6.45, 7) is 0.643. The Morgan fingerprint density at radius 3 is 2.79 bits per heavy atom. The van der Waals surface area contributed by atoms with Crippen LogP contribution in [0.2, 0.25) is 5.02 Å². The Bertz CT molecular complexity index is 950. The summed E-state index contributed by atoms with van der Waals surface area (Å²) in [6, 6.07) is 14.5. The van der Waals surface area contributed by atoms with Gasteiger partial charge in [0.05, 0.1) is 17.4 Å². The first-order valence-corrected chi connectivity index (χ1v) is 12.3.